The van der Waals surface area contributed by atoms with Gasteiger partial charge in [0.05, 0.1) is 32.6 Å². The molecule has 0 N–H and O–H groups in total. The zero-order valence-corrected chi connectivity index (χ0v) is 32.0. The van der Waals surface area contributed by atoms with Crippen molar-refractivity contribution >= 4 is 26.7 Å². The predicted octanol–water partition coefficient (Wildman–Crippen LogP) is 5.88. The highest BCUT2D eigenvalue weighted by molar-refractivity contribution is 7.88. The Morgan fingerprint density at radius 2 is 0.778 bits per heavy atom. The van der Waals surface area contributed by atoms with Gasteiger partial charge in [-0.15, -0.1) is 0 Å². The van der Waals surface area contributed by atoms with Crippen molar-refractivity contribution in [3.63, 3.8) is 0 Å². The van der Waals surface area contributed by atoms with E-state index in [9.17, 15) is 8.42 Å². The SMILES string of the molecule is CC(C)(C)[Si](C)(C)OCC#CC#CCCC#CC#CCN(CC#CC#CCCC#CC#CCO[Si](C)(C)C(C)(C)C)S(C)(=O)=O. The van der Waals surface area contributed by atoms with E-state index in [0.29, 0.717) is 38.9 Å². The Morgan fingerprint density at radius 1 is 0.511 bits per heavy atom. The largest absolute Gasteiger partial charge is 0.406 e. The van der Waals surface area contributed by atoms with Crippen LogP contribution < -0.4 is 0 Å². The summed E-state index contributed by atoms with van der Waals surface area (Å²) in [6.45, 7) is 22.7. The van der Waals surface area contributed by atoms with Gasteiger partial charge in [-0.1, -0.05) is 88.9 Å². The van der Waals surface area contributed by atoms with Crippen LogP contribution in [0.1, 0.15) is 67.2 Å². The second kappa shape index (κ2) is 20.7. The average molecular weight is 660 g/mol. The van der Waals surface area contributed by atoms with Crippen LogP contribution in [0.5, 0.6) is 0 Å². The molecular weight excluding hydrogens is 611 g/mol. The summed E-state index contributed by atoms with van der Waals surface area (Å²) in [5.41, 5.74) is 0. The van der Waals surface area contributed by atoms with Crippen LogP contribution in [0.4, 0.5) is 0 Å². The van der Waals surface area contributed by atoms with E-state index in [-0.39, 0.29) is 23.2 Å². The zero-order valence-electron chi connectivity index (χ0n) is 29.1. The molecular formula is C37H49NO4SSi2. The van der Waals surface area contributed by atoms with E-state index >= 15 is 0 Å². The van der Waals surface area contributed by atoms with Gasteiger partial charge in [-0.05, 0) is 83.6 Å². The number of hydrogen-bond acceptors (Lipinski definition) is 4. The minimum absolute atomic E-state index is 0.000477. The van der Waals surface area contributed by atoms with E-state index in [1.165, 1.54) is 4.31 Å². The fraction of sp³-hybridized carbons (Fsp3) is 0.568. The highest BCUT2D eigenvalue weighted by Gasteiger charge is 2.37. The summed E-state index contributed by atoms with van der Waals surface area (Å²) in [5, 5.41) is 0.313. The molecule has 0 amide bonds. The molecule has 0 fully saturated rings. The van der Waals surface area contributed by atoms with Crippen LogP contribution >= 0.6 is 0 Å². The van der Waals surface area contributed by atoms with Gasteiger partial charge in [0.2, 0.25) is 10.0 Å². The fourth-order valence-corrected chi connectivity index (χ4v) is 4.67. The van der Waals surface area contributed by atoms with Crippen LogP contribution in [0.25, 0.3) is 0 Å². The molecule has 0 saturated carbocycles. The summed E-state index contributed by atoms with van der Waals surface area (Å²) in [4.78, 5) is 0. The number of sulfonamides is 1. The first kappa shape index (κ1) is 41.7. The molecule has 0 saturated heterocycles. The maximum absolute atomic E-state index is 12.0. The van der Waals surface area contributed by atoms with Crippen LogP contribution in [0.15, 0.2) is 0 Å². The molecule has 0 aliphatic carbocycles. The van der Waals surface area contributed by atoms with E-state index in [4.69, 9.17) is 8.85 Å². The number of hydrogen-bond donors (Lipinski definition) is 0. The van der Waals surface area contributed by atoms with Crippen molar-refractivity contribution in [3.05, 3.63) is 0 Å². The second-order valence-corrected chi connectivity index (χ2v) is 24.6. The van der Waals surface area contributed by atoms with Crippen LogP contribution in [0.3, 0.4) is 0 Å². The summed E-state index contributed by atoms with van der Waals surface area (Å²) in [5.74, 6) is 45.2. The lowest BCUT2D eigenvalue weighted by atomic mass is 10.2. The van der Waals surface area contributed by atoms with Crippen molar-refractivity contribution in [2.45, 2.75) is 103 Å². The van der Waals surface area contributed by atoms with E-state index in [2.05, 4.69) is 162 Å². The van der Waals surface area contributed by atoms with E-state index in [1.54, 1.807) is 0 Å². The monoisotopic (exact) mass is 659 g/mol. The second-order valence-electron chi connectivity index (χ2n) is 13.0. The Morgan fingerprint density at radius 3 is 1.04 bits per heavy atom. The maximum atomic E-state index is 12.0. The average Bonchev–Trinajstić information content (AvgIpc) is 2.90. The van der Waals surface area contributed by atoms with Crippen LogP contribution in [0, 0.1) is 94.7 Å². The van der Waals surface area contributed by atoms with Gasteiger partial charge in [-0.2, -0.15) is 4.31 Å². The van der Waals surface area contributed by atoms with Gasteiger partial charge in [0.25, 0.3) is 0 Å². The minimum atomic E-state index is -3.47. The molecule has 0 bridgehead atoms. The number of rotatable bonds is 9. The Balaban J connectivity index is 4.54. The highest BCUT2D eigenvalue weighted by Crippen LogP contribution is 2.37. The zero-order chi connectivity index (χ0) is 34.5. The highest BCUT2D eigenvalue weighted by atomic mass is 32.2. The molecule has 0 aromatic rings. The molecule has 45 heavy (non-hydrogen) atoms. The van der Waals surface area contributed by atoms with E-state index < -0.39 is 26.7 Å². The Labute approximate surface area is 278 Å². The van der Waals surface area contributed by atoms with Crippen molar-refractivity contribution in [2.75, 3.05) is 32.6 Å². The summed E-state index contributed by atoms with van der Waals surface area (Å²) in [7, 11) is -7.04. The van der Waals surface area contributed by atoms with Gasteiger partial charge in [-0.3, -0.25) is 0 Å². The molecule has 0 radical (unpaired) electrons. The molecule has 0 aromatic heterocycles. The molecule has 0 spiro atoms. The first-order chi connectivity index (χ1) is 20.8. The molecule has 0 atom stereocenters. The number of nitrogens with zero attached hydrogens (tertiary/aromatic N) is 1. The topological polar surface area (TPSA) is 55.8 Å². The van der Waals surface area contributed by atoms with Crippen LogP contribution in [-0.4, -0.2) is 61.9 Å². The fourth-order valence-electron chi connectivity index (χ4n) is 2.34. The van der Waals surface area contributed by atoms with Gasteiger partial charge < -0.3 is 8.85 Å². The minimum Gasteiger partial charge on any atom is -0.406 e. The third-order valence-corrected chi connectivity index (χ3v) is 17.5. The lowest BCUT2D eigenvalue weighted by molar-refractivity contribution is 0.334. The summed E-state index contributed by atoms with van der Waals surface area (Å²) < 4.78 is 37.2. The first-order valence-electron chi connectivity index (χ1n) is 14.9. The van der Waals surface area contributed by atoms with Crippen molar-refractivity contribution in [1.82, 2.24) is 4.31 Å². The van der Waals surface area contributed by atoms with Crippen molar-refractivity contribution in [3.8, 4) is 94.7 Å². The lowest BCUT2D eigenvalue weighted by Crippen LogP contribution is -2.40. The van der Waals surface area contributed by atoms with Gasteiger partial charge in [-0.25, -0.2) is 8.42 Å². The van der Waals surface area contributed by atoms with Crippen LogP contribution in [-0.2, 0) is 18.9 Å². The van der Waals surface area contributed by atoms with Crippen molar-refractivity contribution in [2.24, 2.45) is 0 Å². The maximum Gasteiger partial charge on any atom is 0.212 e. The molecule has 0 aromatic carbocycles. The van der Waals surface area contributed by atoms with Crippen molar-refractivity contribution < 1.29 is 17.3 Å². The molecule has 0 rings (SSSR count). The Bertz CT molecular complexity index is 1490. The van der Waals surface area contributed by atoms with Crippen LogP contribution in [0.2, 0.25) is 36.3 Å². The predicted molar refractivity (Wildman–Crippen MR) is 193 cm³/mol. The molecule has 0 aliphatic heterocycles. The van der Waals surface area contributed by atoms with Gasteiger partial charge >= 0.3 is 0 Å². The third kappa shape index (κ3) is 20.4. The van der Waals surface area contributed by atoms with Gasteiger partial charge in [0.1, 0.15) is 0 Å². The molecule has 8 heteroatoms. The molecule has 0 heterocycles. The normalized spacial score (nSPS) is 10.8. The molecule has 5 nitrogen and oxygen atoms in total. The molecule has 240 valence electrons. The number of unbranched alkanes of at least 4 members (excludes halogenated alkanes) is 2. The van der Waals surface area contributed by atoms with E-state index in [1.807, 2.05) is 0 Å². The molecule has 0 aliphatic rings. The third-order valence-electron chi connectivity index (χ3n) is 7.31. The lowest BCUT2D eigenvalue weighted by Gasteiger charge is -2.35. The van der Waals surface area contributed by atoms with Gasteiger partial charge in [0, 0.05) is 25.7 Å². The Hall–Kier alpha value is -3.26. The first-order valence-corrected chi connectivity index (χ1v) is 22.5. The summed E-state index contributed by atoms with van der Waals surface area (Å²) >= 11 is 0. The van der Waals surface area contributed by atoms with Gasteiger partial charge in [0.15, 0.2) is 16.6 Å². The van der Waals surface area contributed by atoms with E-state index in [0.717, 1.165) is 6.26 Å². The Kier molecular flexibility index (Phi) is 19.2. The summed E-state index contributed by atoms with van der Waals surface area (Å²) in [6.07, 6.45) is 3.37. The standard InChI is InChI=1S/C37H49NO4SSi2/c1-36(2,3)44(8,9)41-34-30-26-22-18-14-12-16-20-24-28-32-38(43(7,39)40)33-29-25-21-17-13-15-19-23-27-31-35-42-45(10,11)37(4,5)6/h12-15,32-35H2,1-11H3. The summed E-state index contributed by atoms with van der Waals surface area (Å²) in [6, 6.07) is 0. The molecule has 0 unspecified atom stereocenters. The van der Waals surface area contributed by atoms with Crippen molar-refractivity contribution in [1.29, 1.82) is 0 Å². The quantitative estimate of drug-likeness (QED) is 0.176. The smallest absolute Gasteiger partial charge is 0.212 e.